The summed E-state index contributed by atoms with van der Waals surface area (Å²) in [7, 11) is 0. The second kappa shape index (κ2) is 4.83. The first kappa shape index (κ1) is 14.3. The molecule has 5 rings (SSSR count). The summed E-state index contributed by atoms with van der Waals surface area (Å²) in [5, 5.41) is 3.90. The van der Waals surface area contributed by atoms with E-state index in [2.05, 4.69) is 38.2 Å². The third-order valence-corrected chi connectivity index (χ3v) is 7.53. The Morgan fingerprint density at radius 3 is 2.48 bits per heavy atom. The van der Waals surface area contributed by atoms with Gasteiger partial charge in [-0.3, -0.25) is 0 Å². The zero-order chi connectivity index (χ0) is 14.7. The molecule has 2 heteroatoms. The summed E-state index contributed by atoms with van der Waals surface area (Å²) >= 11 is 2.02. The summed E-state index contributed by atoms with van der Waals surface area (Å²) in [6.07, 6.45) is 8.96. The van der Waals surface area contributed by atoms with Crippen LogP contribution < -0.4 is 5.32 Å². The van der Waals surface area contributed by atoms with Gasteiger partial charge in [0.1, 0.15) is 0 Å². The molecular weight excluding hydrogens is 274 g/mol. The number of thiophene rings is 1. The minimum absolute atomic E-state index is 0.548. The largest absolute Gasteiger partial charge is 0.309 e. The predicted molar refractivity (Wildman–Crippen MR) is 90.7 cm³/mol. The summed E-state index contributed by atoms with van der Waals surface area (Å²) in [5.74, 6) is 2.02. The van der Waals surface area contributed by atoms with Gasteiger partial charge in [-0.2, -0.15) is 0 Å². The molecule has 1 aromatic rings. The smallest absolute Gasteiger partial charge is 0.0472 e. The highest BCUT2D eigenvalue weighted by Crippen LogP contribution is 2.68. The molecule has 0 spiro atoms. The second-order valence-electron chi connectivity index (χ2n) is 8.57. The molecular formula is C19H29NS. The Bertz CT molecular complexity index is 517. The Morgan fingerprint density at radius 2 is 1.95 bits per heavy atom. The Morgan fingerprint density at radius 1 is 1.24 bits per heavy atom. The fourth-order valence-corrected chi connectivity index (χ4v) is 7.66. The maximum Gasteiger partial charge on any atom is 0.0472 e. The molecule has 4 fully saturated rings. The van der Waals surface area contributed by atoms with Gasteiger partial charge in [0.05, 0.1) is 0 Å². The van der Waals surface area contributed by atoms with Crippen molar-refractivity contribution in [3.63, 3.8) is 0 Å². The van der Waals surface area contributed by atoms with Crippen LogP contribution in [0.4, 0.5) is 0 Å². The molecule has 3 unspecified atom stereocenters. The van der Waals surface area contributed by atoms with Crippen molar-refractivity contribution in [2.75, 3.05) is 6.54 Å². The van der Waals surface area contributed by atoms with Gasteiger partial charge >= 0.3 is 0 Å². The van der Waals surface area contributed by atoms with Gasteiger partial charge in [0.15, 0.2) is 0 Å². The van der Waals surface area contributed by atoms with E-state index in [9.17, 15) is 0 Å². The van der Waals surface area contributed by atoms with Gasteiger partial charge in [-0.05, 0) is 86.8 Å². The Kier molecular flexibility index (Phi) is 3.28. The lowest BCUT2D eigenvalue weighted by Crippen LogP contribution is -2.55. The fourth-order valence-electron chi connectivity index (χ4n) is 6.57. The fraction of sp³-hybridized carbons (Fsp3) is 0.789. The highest BCUT2D eigenvalue weighted by atomic mass is 32.1. The van der Waals surface area contributed by atoms with Crippen LogP contribution in [0.5, 0.6) is 0 Å². The summed E-state index contributed by atoms with van der Waals surface area (Å²) in [5.41, 5.74) is 1.19. The van der Waals surface area contributed by atoms with Gasteiger partial charge in [-0.25, -0.2) is 0 Å². The summed E-state index contributed by atoms with van der Waals surface area (Å²) in [6, 6.07) is 5.31. The highest BCUT2D eigenvalue weighted by molar-refractivity contribution is 7.12. The number of hydrogen-bond donors (Lipinski definition) is 1. The number of aryl methyl sites for hydroxylation is 1. The molecule has 4 aliphatic rings. The molecule has 4 bridgehead atoms. The SMILES string of the molecule is CCNC(c1ccc(C)s1)C12CC3CC(CC(C)(C3)C1)C2. The van der Waals surface area contributed by atoms with Crippen LogP contribution in [0.25, 0.3) is 0 Å². The molecule has 0 amide bonds. The molecule has 4 aliphatic carbocycles. The lowest BCUT2D eigenvalue weighted by molar-refractivity contribution is -0.118. The zero-order valence-electron chi connectivity index (χ0n) is 13.7. The molecule has 1 heterocycles. The molecule has 21 heavy (non-hydrogen) atoms. The van der Waals surface area contributed by atoms with Crippen LogP contribution in [0.2, 0.25) is 0 Å². The lowest BCUT2D eigenvalue weighted by atomic mass is 9.43. The molecule has 0 aromatic carbocycles. The zero-order valence-corrected chi connectivity index (χ0v) is 14.6. The summed E-state index contributed by atoms with van der Waals surface area (Å²) in [6.45, 7) is 8.20. The normalized spacial score (nSPS) is 42.4. The van der Waals surface area contributed by atoms with Gasteiger partial charge in [-0.15, -0.1) is 11.3 Å². The summed E-state index contributed by atoms with van der Waals surface area (Å²) in [4.78, 5) is 3.06. The van der Waals surface area contributed by atoms with Gasteiger partial charge in [0, 0.05) is 15.8 Å². The molecule has 0 radical (unpaired) electrons. The minimum Gasteiger partial charge on any atom is -0.309 e. The molecule has 1 nitrogen and oxygen atoms in total. The molecule has 4 saturated carbocycles. The van der Waals surface area contributed by atoms with Crippen LogP contribution in [0.1, 0.15) is 68.2 Å². The van der Waals surface area contributed by atoms with Gasteiger partial charge < -0.3 is 5.32 Å². The van der Waals surface area contributed by atoms with E-state index in [4.69, 9.17) is 0 Å². The van der Waals surface area contributed by atoms with Crippen LogP contribution in [0, 0.1) is 29.6 Å². The van der Waals surface area contributed by atoms with Crippen molar-refractivity contribution < 1.29 is 0 Å². The molecule has 1 N–H and O–H groups in total. The number of rotatable bonds is 4. The van der Waals surface area contributed by atoms with E-state index in [-0.39, 0.29) is 0 Å². The van der Waals surface area contributed by atoms with Crippen LogP contribution in [-0.2, 0) is 0 Å². The first-order chi connectivity index (χ1) is 10.0. The maximum absolute atomic E-state index is 3.90. The molecule has 116 valence electrons. The van der Waals surface area contributed by atoms with E-state index in [1.807, 2.05) is 11.3 Å². The first-order valence-corrected chi connectivity index (χ1v) is 9.63. The number of hydrogen-bond acceptors (Lipinski definition) is 2. The van der Waals surface area contributed by atoms with Crippen LogP contribution in [0.3, 0.4) is 0 Å². The van der Waals surface area contributed by atoms with Crippen molar-refractivity contribution in [2.24, 2.45) is 22.7 Å². The van der Waals surface area contributed by atoms with Crippen molar-refractivity contribution in [2.45, 2.75) is 65.3 Å². The van der Waals surface area contributed by atoms with Crippen molar-refractivity contribution in [1.82, 2.24) is 5.32 Å². The highest BCUT2D eigenvalue weighted by Gasteiger charge is 2.58. The minimum atomic E-state index is 0.548. The van der Waals surface area contributed by atoms with Gasteiger partial charge in [0.2, 0.25) is 0 Å². The van der Waals surface area contributed by atoms with Crippen molar-refractivity contribution >= 4 is 11.3 Å². The van der Waals surface area contributed by atoms with Crippen LogP contribution in [0.15, 0.2) is 12.1 Å². The van der Waals surface area contributed by atoms with Crippen molar-refractivity contribution in [3.8, 4) is 0 Å². The quantitative estimate of drug-likeness (QED) is 0.794. The monoisotopic (exact) mass is 303 g/mol. The number of nitrogens with one attached hydrogen (secondary N) is 1. The second-order valence-corrected chi connectivity index (χ2v) is 9.89. The third-order valence-electron chi connectivity index (χ3n) is 6.47. The van der Waals surface area contributed by atoms with Crippen molar-refractivity contribution in [3.05, 3.63) is 21.9 Å². The topological polar surface area (TPSA) is 12.0 Å². The average molecular weight is 304 g/mol. The Balaban J connectivity index is 1.71. The molecule has 3 atom stereocenters. The molecule has 1 aromatic heterocycles. The van der Waals surface area contributed by atoms with E-state index < -0.39 is 0 Å². The Hall–Kier alpha value is -0.340. The van der Waals surface area contributed by atoms with Crippen LogP contribution in [-0.4, -0.2) is 6.54 Å². The van der Waals surface area contributed by atoms with Crippen molar-refractivity contribution in [1.29, 1.82) is 0 Å². The van der Waals surface area contributed by atoms with E-state index in [0.29, 0.717) is 16.9 Å². The predicted octanol–water partition coefficient (Wildman–Crippen LogP) is 5.31. The van der Waals surface area contributed by atoms with Gasteiger partial charge in [0.25, 0.3) is 0 Å². The van der Waals surface area contributed by atoms with Gasteiger partial charge in [-0.1, -0.05) is 13.8 Å². The van der Waals surface area contributed by atoms with E-state index in [1.165, 1.54) is 43.4 Å². The molecule has 0 aliphatic heterocycles. The van der Waals surface area contributed by atoms with E-state index >= 15 is 0 Å². The average Bonchev–Trinajstić information content (AvgIpc) is 2.79. The standard InChI is InChI=1S/C19H29NS/c1-4-20-17(16-6-5-13(2)21-16)19-10-14-7-15(11-19)9-18(3,8-14)12-19/h5-6,14-15,17,20H,4,7-12H2,1-3H3. The lowest BCUT2D eigenvalue weighted by Gasteiger charge is -2.63. The summed E-state index contributed by atoms with van der Waals surface area (Å²) < 4.78 is 0. The Labute approximate surface area is 133 Å². The van der Waals surface area contributed by atoms with Crippen LogP contribution >= 0.6 is 11.3 Å². The van der Waals surface area contributed by atoms with E-state index in [0.717, 1.165) is 18.4 Å². The maximum atomic E-state index is 3.90. The van der Waals surface area contributed by atoms with E-state index in [1.54, 1.807) is 4.88 Å². The first-order valence-electron chi connectivity index (χ1n) is 8.82. The third kappa shape index (κ3) is 2.30. The molecule has 0 saturated heterocycles.